The van der Waals surface area contributed by atoms with Gasteiger partial charge in [0.1, 0.15) is 5.82 Å². The Kier molecular flexibility index (Phi) is 7.30. The fourth-order valence-corrected chi connectivity index (χ4v) is 5.87. The second kappa shape index (κ2) is 10.5. The Morgan fingerprint density at radius 1 is 1.08 bits per heavy atom. The maximum Gasteiger partial charge on any atom is 0.354 e. The summed E-state index contributed by atoms with van der Waals surface area (Å²) in [7, 11) is 2.03. The fraction of sp³-hybridized carbons (Fsp3) is 0.536. The van der Waals surface area contributed by atoms with Crippen molar-refractivity contribution in [3.05, 3.63) is 64.9 Å². The molecule has 38 heavy (non-hydrogen) atoms. The predicted octanol–water partition coefficient (Wildman–Crippen LogP) is 1.53. The van der Waals surface area contributed by atoms with Crippen LogP contribution < -0.4 is 22.1 Å². The van der Waals surface area contributed by atoms with Crippen LogP contribution in [0.15, 0.2) is 53.6 Å². The van der Waals surface area contributed by atoms with Crippen LogP contribution in [0.2, 0.25) is 0 Å². The highest BCUT2D eigenvalue weighted by atomic mass is 16.2. The minimum absolute atomic E-state index is 0.243. The quantitative estimate of drug-likeness (QED) is 0.484. The van der Waals surface area contributed by atoms with E-state index in [0.717, 1.165) is 42.2 Å². The van der Waals surface area contributed by atoms with Crippen molar-refractivity contribution in [3.8, 4) is 5.69 Å². The summed E-state index contributed by atoms with van der Waals surface area (Å²) in [6, 6.07) is 9.44. The standard InChI is InChI=1S/C28H40N8O2/c1-19(28(2,3)29)34-11-13-35(14-12-34)26(37)31-25-9-10-36(27(38)32-25)21-7-5-20(6-8-21)16-33-17-23-22(15-30-4)24(23)18-33/h5-10,22-24,30H,1,11-18,29H2,2-4H3,(H,31,32,37,38). The van der Waals surface area contributed by atoms with Crippen molar-refractivity contribution in [1.29, 1.82) is 0 Å². The Hall–Kier alpha value is -3.21. The van der Waals surface area contributed by atoms with Crippen LogP contribution in [0.1, 0.15) is 19.4 Å². The van der Waals surface area contributed by atoms with Gasteiger partial charge in [-0.15, -0.1) is 0 Å². The molecule has 3 aliphatic rings. The summed E-state index contributed by atoms with van der Waals surface area (Å²) in [4.78, 5) is 35.9. The Morgan fingerprint density at radius 3 is 2.29 bits per heavy atom. The number of benzene rings is 1. The van der Waals surface area contributed by atoms with Crippen molar-refractivity contribution < 1.29 is 4.79 Å². The molecule has 3 heterocycles. The van der Waals surface area contributed by atoms with E-state index in [-0.39, 0.29) is 11.8 Å². The zero-order valence-corrected chi connectivity index (χ0v) is 22.7. The lowest BCUT2D eigenvalue weighted by Crippen LogP contribution is -2.53. The number of piperidine rings is 1. The second-order valence-electron chi connectivity index (χ2n) is 11.4. The zero-order chi connectivity index (χ0) is 27.0. The molecular formula is C28H40N8O2. The van der Waals surface area contributed by atoms with Crippen LogP contribution in [-0.2, 0) is 6.54 Å². The van der Waals surface area contributed by atoms with Crippen LogP contribution in [0.3, 0.4) is 0 Å². The maximum atomic E-state index is 12.8. The zero-order valence-electron chi connectivity index (χ0n) is 22.7. The first kappa shape index (κ1) is 26.4. The number of anilines is 1. The molecule has 1 saturated carbocycles. The number of fused-ring (bicyclic) bond motifs is 1. The van der Waals surface area contributed by atoms with E-state index in [1.807, 2.05) is 33.0 Å². The van der Waals surface area contributed by atoms with E-state index < -0.39 is 11.2 Å². The highest BCUT2D eigenvalue weighted by Gasteiger charge is 2.54. The lowest BCUT2D eigenvalue weighted by molar-refractivity contribution is 0.159. The number of likely N-dealkylation sites (tertiary alicyclic amines) is 1. The summed E-state index contributed by atoms with van der Waals surface area (Å²) >= 11 is 0. The lowest BCUT2D eigenvalue weighted by Gasteiger charge is -2.40. The van der Waals surface area contributed by atoms with Crippen LogP contribution in [0.4, 0.5) is 10.6 Å². The summed E-state index contributed by atoms with van der Waals surface area (Å²) in [5.41, 5.74) is 8.08. The third kappa shape index (κ3) is 5.62. The molecule has 1 aliphatic carbocycles. The Balaban J connectivity index is 1.13. The fourth-order valence-electron chi connectivity index (χ4n) is 5.87. The average Bonchev–Trinajstić information content (AvgIpc) is 3.33. The van der Waals surface area contributed by atoms with E-state index in [1.165, 1.54) is 23.2 Å². The summed E-state index contributed by atoms with van der Waals surface area (Å²) in [6.07, 6.45) is 1.65. The molecule has 1 aromatic carbocycles. The molecule has 0 spiro atoms. The summed E-state index contributed by atoms with van der Waals surface area (Å²) < 4.78 is 1.49. The SMILES string of the molecule is C=C(N1CCN(C(=O)Nc2ccn(-c3ccc(CN4CC5C(CNC)C5C4)cc3)c(=O)n2)CC1)C(C)(C)N. The molecule has 10 heteroatoms. The van der Waals surface area contributed by atoms with Gasteiger partial charge in [-0.05, 0) is 69.0 Å². The van der Waals surface area contributed by atoms with Gasteiger partial charge < -0.3 is 20.9 Å². The summed E-state index contributed by atoms with van der Waals surface area (Å²) in [5, 5.41) is 6.06. The van der Waals surface area contributed by atoms with Crippen molar-refractivity contribution in [1.82, 2.24) is 29.6 Å². The van der Waals surface area contributed by atoms with Gasteiger partial charge in [-0.2, -0.15) is 4.98 Å². The van der Waals surface area contributed by atoms with Crippen LogP contribution in [-0.4, -0.2) is 88.7 Å². The Morgan fingerprint density at radius 2 is 1.71 bits per heavy atom. The Labute approximate surface area is 224 Å². The summed E-state index contributed by atoms with van der Waals surface area (Å²) in [6.45, 7) is 14.8. The van der Waals surface area contributed by atoms with Crippen molar-refractivity contribution in [2.24, 2.45) is 23.5 Å². The molecule has 0 bridgehead atoms. The molecule has 1 aromatic heterocycles. The number of rotatable bonds is 8. The largest absolute Gasteiger partial charge is 0.370 e. The van der Waals surface area contributed by atoms with E-state index >= 15 is 0 Å². The number of nitrogens with one attached hydrogen (secondary N) is 2. The molecule has 2 atom stereocenters. The number of carbonyl (C=O) groups is 1. The van der Waals surface area contributed by atoms with Gasteiger partial charge in [-0.3, -0.25) is 14.8 Å². The van der Waals surface area contributed by atoms with E-state index in [9.17, 15) is 9.59 Å². The minimum atomic E-state index is -0.497. The molecule has 5 rings (SSSR count). The summed E-state index contributed by atoms with van der Waals surface area (Å²) in [5.74, 6) is 2.79. The molecule has 3 fully saturated rings. The third-order valence-corrected chi connectivity index (χ3v) is 8.24. The molecule has 204 valence electrons. The number of amides is 2. The maximum absolute atomic E-state index is 12.8. The molecule has 0 radical (unpaired) electrons. The van der Waals surface area contributed by atoms with Gasteiger partial charge in [0.05, 0.1) is 5.69 Å². The number of nitrogens with zero attached hydrogens (tertiary/aromatic N) is 5. The predicted molar refractivity (Wildman–Crippen MR) is 149 cm³/mol. The van der Waals surface area contributed by atoms with Gasteiger partial charge in [0.25, 0.3) is 0 Å². The first-order chi connectivity index (χ1) is 18.1. The number of hydrogen-bond acceptors (Lipinski definition) is 7. The first-order valence-corrected chi connectivity index (χ1v) is 13.5. The lowest BCUT2D eigenvalue weighted by atomic mass is 10.0. The number of carbonyl (C=O) groups excluding carboxylic acids is 1. The average molecular weight is 521 g/mol. The van der Waals surface area contributed by atoms with E-state index in [0.29, 0.717) is 26.2 Å². The molecule has 2 saturated heterocycles. The number of nitrogens with two attached hydrogens (primary N) is 1. The van der Waals surface area contributed by atoms with Crippen LogP contribution >= 0.6 is 0 Å². The van der Waals surface area contributed by atoms with Gasteiger partial charge in [0, 0.05) is 63.2 Å². The second-order valence-corrected chi connectivity index (χ2v) is 11.4. The van der Waals surface area contributed by atoms with Crippen molar-refractivity contribution in [2.45, 2.75) is 25.9 Å². The minimum Gasteiger partial charge on any atom is -0.370 e. The third-order valence-electron chi connectivity index (χ3n) is 8.24. The van der Waals surface area contributed by atoms with E-state index in [2.05, 4.69) is 44.1 Å². The van der Waals surface area contributed by atoms with Gasteiger partial charge in [-0.1, -0.05) is 18.7 Å². The Bertz CT molecular complexity index is 1210. The molecular weight excluding hydrogens is 480 g/mol. The van der Waals surface area contributed by atoms with Gasteiger partial charge in [0.15, 0.2) is 0 Å². The first-order valence-electron chi connectivity index (χ1n) is 13.5. The van der Waals surface area contributed by atoms with Crippen LogP contribution in [0, 0.1) is 17.8 Å². The van der Waals surface area contributed by atoms with Crippen molar-refractivity contribution >= 4 is 11.8 Å². The van der Waals surface area contributed by atoms with Crippen molar-refractivity contribution in [2.75, 3.05) is 58.2 Å². The van der Waals surface area contributed by atoms with E-state index in [1.54, 1.807) is 17.2 Å². The monoisotopic (exact) mass is 520 g/mol. The molecule has 2 amide bonds. The molecule has 2 aromatic rings. The molecule has 10 nitrogen and oxygen atoms in total. The molecule has 2 unspecified atom stereocenters. The van der Waals surface area contributed by atoms with E-state index in [4.69, 9.17) is 5.73 Å². The highest BCUT2D eigenvalue weighted by molar-refractivity contribution is 5.88. The topological polar surface area (TPSA) is 112 Å². The van der Waals surface area contributed by atoms with Gasteiger partial charge in [0.2, 0.25) is 0 Å². The molecule has 4 N–H and O–H groups in total. The van der Waals surface area contributed by atoms with Crippen LogP contribution in [0.25, 0.3) is 5.69 Å². The number of hydrogen-bond donors (Lipinski definition) is 3. The number of piperazine rings is 1. The normalized spacial score (nSPS) is 23.3. The van der Waals surface area contributed by atoms with Crippen LogP contribution in [0.5, 0.6) is 0 Å². The number of aromatic nitrogens is 2. The van der Waals surface area contributed by atoms with Gasteiger partial charge in [-0.25, -0.2) is 9.59 Å². The number of urea groups is 1. The van der Waals surface area contributed by atoms with Crippen molar-refractivity contribution in [3.63, 3.8) is 0 Å². The van der Waals surface area contributed by atoms with Gasteiger partial charge >= 0.3 is 11.7 Å². The smallest absolute Gasteiger partial charge is 0.354 e. The highest BCUT2D eigenvalue weighted by Crippen LogP contribution is 2.51. The molecule has 2 aliphatic heterocycles.